The average molecular weight is 345 g/mol. The highest BCUT2D eigenvalue weighted by Gasteiger charge is 2.09. The molecule has 0 saturated carbocycles. The fourth-order valence-electron chi connectivity index (χ4n) is 2.57. The van der Waals surface area contributed by atoms with Crippen molar-refractivity contribution in [1.82, 2.24) is 10.3 Å². The summed E-state index contributed by atoms with van der Waals surface area (Å²) in [5.41, 5.74) is 3.65. The molecule has 5 heteroatoms. The number of aryl methyl sites for hydroxylation is 1. The quantitative estimate of drug-likeness (QED) is 0.742. The molecule has 26 heavy (non-hydrogen) atoms. The summed E-state index contributed by atoms with van der Waals surface area (Å²) in [6.45, 7) is 2.26. The van der Waals surface area contributed by atoms with Crippen LogP contribution in [0, 0.1) is 6.92 Å². The minimum absolute atomic E-state index is 0.153. The molecule has 0 saturated heterocycles. The molecule has 1 heterocycles. The maximum Gasteiger partial charge on any atom is 0.255 e. The molecule has 0 radical (unpaired) electrons. The minimum Gasteiger partial charge on any atom is -0.348 e. The Kier molecular flexibility index (Phi) is 5.39. The summed E-state index contributed by atoms with van der Waals surface area (Å²) < 4.78 is 0. The summed E-state index contributed by atoms with van der Waals surface area (Å²) in [6, 6.07) is 18.3. The predicted octanol–water partition coefficient (Wildman–Crippen LogP) is 3.57. The van der Waals surface area contributed by atoms with Gasteiger partial charge in [0.25, 0.3) is 11.8 Å². The second-order valence-electron chi connectivity index (χ2n) is 5.89. The van der Waals surface area contributed by atoms with Gasteiger partial charge in [0, 0.05) is 30.2 Å². The number of carbonyl (C=O) groups is 2. The van der Waals surface area contributed by atoms with E-state index >= 15 is 0 Å². The first-order valence-corrected chi connectivity index (χ1v) is 8.27. The Balaban J connectivity index is 1.64. The molecule has 0 aliphatic heterocycles. The van der Waals surface area contributed by atoms with Crippen molar-refractivity contribution in [2.75, 3.05) is 5.32 Å². The van der Waals surface area contributed by atoms with Crippen LogP contribution >= 0.6 is 0 Å². The van der Waals surface area contributed by atoms with E-state index in [1.807, 2.05) is 49.4 Å². The highest BCUT2D eigenvalue weighted by Crippen LogP contribution is 2.14. The lowest BCUT2D eigenvalue weighted by molar-refractivity contribution is 0.0949. The standard InChI is InChI=1S/C21H19N3O2/c1-15-6-2-3-10-19(15)21(26)24-18-9-4-7-16(12-18)13-23-20(25)17-8-5-11-22-14-17/h2-12,14H,13H2,1H3,(H,23,25)(H,24,26). The maximum absolute atomic E-state index is 12.4. The third kappa shape index (κ3) is 4.33. The molecule has 0 fully saturated rings. The highest BCUT2D eigenvalue weighted by molar-refractivity contribution is 6.05. The van der Waals surface area contributed by atoms with Crippen molar-refractivity contribution in [2.45, 2.75) is 13.5 Å². The van der Waals surface area contributed by atoms with E-state index in [-0.39, 0.29) is 11.8 Å². The van der Waals surface area contributed by atoms with Crippen molar-refractivity contribution >= 4 is 17.5 Å². The van der Waals surface area contributed by atoms with Crippen LogP contribution in [0.3, 0.4) is 0 Å². The number of aromatic nitrogens is 1. The molecule has 130 valence electrons. The molecule has 3 rings (SSSR count). The molecule has 0 spiro atoms. The Morgan fingerprint density at radius 3 is 2.58 bits per heavy atom. The van der Waals surface area contributed by atoms with Gasteiger partial charge in [0.2, 0.25) is 0 Å². The van der Waals surface area contributed by atoms with Crippen LogP contribution in [0.5, 0.6) is 0 Å². The average Bonchev–Trinajstić information content (AvgIpc) is 2.67. The molecule has 2 aromatic carbocycles. The monoisotopic (exact) mass is 345 g/mol. The molecule has 2 amide bonds. The van der Waals surface area contributed by atoms with Gasteiger partial charge in [-0.3, -0.25) is 14.6 Å². The van der Waals surface area contributed by atoms with Crippen LogP contribution < -0.4 is 10.6 Å². The van der Waals surface area contributed by atoms with Gasteiger partial charge in [-0.1, -0.05) is 30.3 Å². The summed E-state index contributed by atoms with van der Waals surface area (Å²) in [7, 11) is 0. The Hall–Kier alpha value is -3.47. The van der Waals surface area contributed by atoms with Gasteiger partial charge >= 0.3 is 0 Å². The van der Waals surface area contributed by atoms with Crippen LogP contribution in [0.15, 0.2) is 73.1 Å². The Labute approximate surface area is 152 Å². The number of hydrogen-bond acceptors (Lipinski definition) is 3. The molecule has 0 aliphatic carbocycles. The van der Waals surface area contributed by atoms with E-state index in [2.05, 4.69) is 15.6 Å². The number of nitrogens with zero attached hydrogens (tertiary/aromatic N) is 1. The van der Waals surface area contributed by atoms with Crippen molar-refractivity contribution in [1.29, 1.82) is 0 Å². The van der Waals surface area contributed by atoms with Gasteiger partial charge in [-0.25, -0.2) is 0 Å². The Bertz CT molecular complexity index is 923. The fraction of sp³-hybridized carbons (Fsp3) is 0.0952. The zero-order valence-corrected chi connectivity index (χ0v) is 14.4. The number of nitrogens with one attached hydrogen (secondary N) is 2. The fourth-order valence-corrected chi connectivity index (χ4v) is 2.57. The third-order valence-electron chi connectivity index (χ3n) is 3.95. The zero-order valence-electron chi connectivity index (χ0n) is 14.4. The number of anilines is 1. The summed E-state index contributed by atoms with van der Waals surface area (Å²) in [5.74, 6) is -0.341. The first-order chi connectivity index (χ1) is 12.6. The van der Waals surface area contributed by atoms with Gasteiger partial charge in [0.15, 0.2) is 0 Å². The molecule has 0 aliphatic rings. The summed E-state index contributed by atoms with van der Waals surface area (Å²) in [4.78, 5) is 28.4. The van der Waals surface area contributed by atoms with E-state index in [0.29, 0.717) is 23.4 Å². The van der Waals surface area contributed by atoms with E-state index in [4.69, 9.17) is 0 Å². The summed E-state index contributed by atoms with van der Waals surface area (Å²) >= 11 is 0. The number of benzene rings is 2. The van der Waals surface area contributed by atoms with E-state index in [1.165, 1.54) is 6.20 Å². The predicted molar refractivity (Wildman–Crippen MR) is 101 cm³/mol. The lowest BCUT2D eigenvalue weighted by atomic mass is 10.1. The van der Waals surface area contributed by atoms with Gasteiger partial charge in [-0.15, -0.1) is 0 Å². The molecule has 2 N–H and O–H groups in total. The van der Waals surface area contributed by atoms with Crippen molar-refractivity contribution in [3.05, 3.63) is 95.3 Å². The lowest BCUT2D eigenvalue weighted by Gasteiger charge is -2.10. The van der Waals surface area contributed by atoms with Gasteiger partial charge in [-0.2, -0.15) is 0 Å². The molecule has 5 nitrogen and oxygen atoms in total. The Morgan fingerprint density at radius 1 is 0.962 bits per heavy atom. The SMILES string of the molecule is Cc1ccccc1C(=O)Nc1cccc(CNC(=O)c2cccnc2)c1. The number of carbonyl (C=O) groups excluding carboxylic acids is 2. The van der Waals surface area contributed by atoms with Crippen LogP contribution in [0.25, 0.3) is 0 Å². The third-order valence-corrected chi connectivity index (χ3v) is 3.95. The zero-order chi connectivity index (χ0) is 18.4. The number of pyridine rings is 1. The van der Waals surface area contributed by atoms with Crippen molar-refractivity contribution in [3.8, 4) is 0 Å². The second-order valence-corrected chi connectivity index (χ2v) is 5.89. The van der Waals surface area contributed by atoms with Crippen molar-refractivity contribution < 1.29 is 9.59 Å². The summed E-state index contributed by atoms with van der Waals surface area (Å²) in [5, 5.41) is 5.74. The number of hydrogen-bond donors (Lipinski definition) is 2. The van der Waals surface area contributed by atoms with Crippen molar-refractivity contribution in [3.63, 3.8) is 0 Å². The summed E-state index contributed by atoms with van der Waals surface area (Å²) in [6.07, 6.45) is 3.14. The molecule has 0 bridgehead atoms. The largest absolute Gasteiger partial charge is 0.348 e. The highest BCUT2D eigenvalue weighted by atomic mass is 16.2. The number of amides is 2. The maximum atomic E-state index is 12.4. The number of rotatable bonds is 5. The minimum atomic E-state index is -0.188. The van der Waals surface area contributed by atoms with Crippen LogP contribution in [0.2, 0.25) is 0 Å². The smallest absolute Gasteiger partial charge is 0.255 e. The van der Waals surface area contributed by atoms with Crippen LogP contribution in [0.1, 0.15) is 31.8 Å². The molecule has 0 unspecified atom stereocenters. The van der Waals surface area contributed by atoms with Gasteiger partial charge in [-0.05, 0) is 48.4 Å². The van der Waals surface area contributed by atoms with E-state index in [9.17, 15) is 9.59 Å². The van der Waals surface area contributed by atoms with Gasteiger partial charge in [0.05, 0.1) is 5.56 Å². The van der Waals surface area contributed by atoms with Crippen LogP contribution in [-0.2, 0) is 6.54 Å². The molecule has 1 aromatic heterocycles. The molecular formula is C21H19N3O2. The van der Waals surface area contributed by atoms with Gasteiger partial charge < -0.3 is 10.6 Å². The molecule has 3 aromatic rings. The first-order valence-electron chi connectivity index (χ1n) is 8.27. The van der Waals surface area contributed by atoms with Crippen LogP contribution in [-0.4, -0.2) is 16.8 Å². The lowest BCUT2D eigenvalue weighted by Crippen LogP contribution is -2.23. The van der Waals surface area contributed by atoms with E-state index < -0.39 is 0 Å². The Morgan fingerprint density at radius 2 is 1.81 bits per heavy atom. The molecule has 0 atom stereocenters. The van der Waals surface area contributed by atoms with Crippen LogP contribution in [0.4, 0.5) is 5.69 Å². The van der Waals surface area contributed by atoms with E-state index in [0.717, 1.165) is 11.1 Å². The topological polar surface area (TPSA) is 71.1 Å². The van der Waals surface area contributed by atoms with Crippen molar-refractivity contribution in [2.24, 2.45) is 0 Å². The first kappa shape index (κ1) is 17.4. The second kappa shape index (κ2) is 8.07. The normalized spacial score (nSPS) is 10.2. The van der Waals surface area contributed by atoms with E-state index in [1.54, 1.807) is 24.4 Å². The molecular weight excluding hydrogens is 326 g/mol. The van der Waals surface area contributed by atoms with Gasteiger partial charge in [0.1, 0.15) is 0 Å².